The number of aliphatic hydroxyl groups is 1. The van der Waals surface area contributed by atoms with Gasteiger partial charge in [-0.3, -0.25) is 8.98 Å². The van der Waals surface area contributed by atoms with Gasteiger partial charge >= 0.3 is 16.3 Å². The van der Waals surface area contributed by atoms with Crippen molar-refractivity contribution < 1.29 is 27.2 Å². The van der Waals surface area contributed by atoms with Gasteiger partial charge in [-0.2, -0.15) is 13.1 Å². The number of hydrogen-bond acceptors (Lipinski definition) is 6. The summed E-state index contributed by atoms with van der Waals surface area (Å²) in [5, 5.41) is 10.1. The van der Waals surface area contributed by atoms with Crippen LogP contribution in [0, 0.1) is 5.92 Å². The molecule has 7 nitrogen and oxygen atoms in total. The molecule has 0 amide bonds. The molecule has 112 valence electrons. The lowest BCUT2D eigenvalue weighted by atomic mass is 9.94. The molecule has 0 aromatic carbocycles. The normalized spacial score (nSPS) is 34.1. The van der Waals surface area contributed by atoms with Crippen LogP contribution in [0.5, 0.6) is 0 Å². The van der Waals surface area contributed by atoms with Gasteiger partial charge < -0.3 is 9.84 Å². The number of carbonyl (C=O) groups excluding carboxylic acids is 1. The van der Waals surface area contributed by atoms with E-state index in [4.69, 9.17) is 8.92 Å². The molecule has 1 saturated heterocycles. The maximum absolute atomic E-state index is 11.6. The van der Waals surface area contributed by atoms with Crippen molar-refractivity contribution in [1.29, 1.82) is 0 Å². The maximum atomic E-state index is 11.6. The van der Waals surface area contributed by atoms with Crippen molar-refractivity contribution in [3.63, 3.8) is 0 Å². The number of halogens is 1. The molecule has 1 aliphatic rings. The first-order chi connectivity index (χ1) is 8.64. The van der Waals surface area contributed by atoms with Crippen LogP contribution in [0.25, 0.3) is 0 Å². The second-order valence-corrected chi connectivity index (χ2v) is 7.95. The predicted octanol–water partition coefficient (Wildman–Crippen LogP) is -0.0282. The van der Waals surface area contributed by atoms with Gasteiger partial charge in [-0.25, -0.2) is 0 Å². The van der Waals surface area contributed by atoms with Crippen LogP contribution in [0.3, 0.4) is 0 Å². The molecule has 0 aliphatic carbocycles. The molecule has 0 aromatic heterocycles. The van der Waals surface area contributed by atoms with Crippen LogP contribution in [0.2, 0.25) is 0 Å². The Morgan fingerprint density at radius 1 is 1.58 bits per heavy atom. The number of alkyl halides is 1. The fourth-order valence-electron chi connectivity index (χ4n) is 1.84. The van der Waals surface area contributed by atoms with Crippen LogP contribution in [-0.4, -0.2) is 48.3 Å². The van der Waals surface area contributed by atoms with E-state index in [1.165, 1.54) is 6.92 Å². The van der Waals surface area contributed by atoms with Gasteiger partial charge in [-0.1, -0.05) is 36.4 Å². The molecule has 1 aliphatic heterocycles. The van der Waals surface area contributed by atoms with E-state index in [1.807, 2.05) is 22.6 Å². The first-order valence-electron chi connectivity index (χ1n) is 5.80. The molecule has 5 atom stereocenters. The van der Waals surface area contributed by atoms with Gasteiger partial charge in [0.2, 0.25) is 0 Å². The molecule has 0 aromatic rings. The first kappa shape index (κ1) is 17.1. The minimum Gasteiger partial charge on any atom is -0.460 e. The Morgan fingerprint density at radius 3 is 2.63 bits per heavy atom. The highest BCUT2D eigenvalue weighted by molar-refractivity contribution is 14.1. The Morgan fingerprint density at radius 2 is 2.16 bits per heavy atom. The van der Waals surface area contributed by atoms with Crippen LogP contribution < -0.4 is 4.72 Å². The molecular formula is C10H18INO6S. The largest absolute Gasteiger partial charge is 0.460 e. The summed E-state index contributed by atoms with van der Waals surface area (Å²) in [6.45, 7) is 4.57. The number of hydrogen-bond donors (Lipinski definition) is 2. The number of aliphatic hydroxyl groups excluding tert-OH is 1. The summed E-state index contributed by atoms with van der Waals surface area (Å²) in [5.74, 6) is -0.889. The van der Waals surface area contributed by atoms with Crippen LogP contribution >= 0.6 is 22.6 Å². The smallest absolute Gasteiger partial charge is 0.336 e. The maximum Gasteiger partial charge on any atom is 0.336 e. The third kappa shape index (κ3) is 4.81. The SMILES string of the molecule is CC(=O)O[C@H]1[C@@H](C(O)C(C)I)NS(=O)(=O)OC[C@@H]1C. The van der Waals surface area contributed by atoms with Crippen LogP contribution in [-0.2, 0) is 24.0 Å². The monoisotopic (exact) mass is 407 g/mol. The predicted molar refractivity (Wildman–Crippen MR) is 76.0 cm³/mol. The summed E-state index contributed by atoms with van der Waals surface area (Å²) in [6, 6.07) is -0.932. The van der Waals surface area contributed by atoms with Crippen molar-refractivity contribution in [3.05, 3.63) is 0 Å². The highest BCUT2D eigenvalue weighted by Crippen LogP contribution is 2.23. The van der Waals surface area contributed by atoms with Gasteiger partial charge in [0.05, 0.1) is 18.8 Å². The molecule has 1 heterocycles. The average Bonchev–Trinajstić information content (AvgIpc) is 2.38. The minimum atomic E-state index is -3.95. The fraction of sp³-hybridized carbons (Fsp3) is 0.900. The van der Waals surface area contributed by atoms with Crippen LogP contribution in [0.15, 0.2) is 0 Å². The summed E-state index contributed by atoms with van der Waals surface area (Å²) >= 11 is 1.98. The lowest BCUT2D eigenvalue weighted by Gasteiger charge is -2.32. The Balaban J connectivity index is 3.08. The summed E-state index contributed by atoms with van der Waals surface area (Å²) in [6.07, 6.45) is -1.77. The van der Waals surface area contributed by atoms with Crippen molar-refractivity contribution in [2.75, 3.05) is 6.61 Å². The van der Waals surface area contributed by atoms with E-state index in [0.717, 1.165) is 0 Å². The number of esters is 1. The molecule has 0 bridgehead atoms. The molecule has 0 spiro atoms. The summed E-state index contributed by atoms with van der Waals surface area (Å²) in [7, 11) is -3.95. The highest BCUT2D eigenvalue weighted by Gasteiger charge is 2.42. The average molecular weight is 407 g/mol. The van der Waals surface area contributed by atoms with E-state index < -0.39 is 34.5 Å². The minimum absolute atomic E-state index is 0.105. The Labute approximate surface area is 126 Å². The molecule has 9 heteroatoms. The van der Waals surface area contributed by atoms with Crippen LogP contribution in [0.4, 0.5) is 0 Å². The van der Waals surface area contributed by atoms with Crippen molar-refractivity contribution in [2.24, 2.45) is 5.92 Å². The third-order valence-corrected chi connectivity index (χ3v) is 4.57. The van der Waals surface area contributed by atoms with Crippen molar-refractivity contribution in [3.8, 4) is 0 Å². The summed E-state index contributed by atoms with van der Waals surface area (Å²) in [5.41, 5.74) is 0. The van der Waals surface area contributed by atoms with Crippen molar-refractivity contribution in [1.82, 2.24) is 4.72 Å². The van der Waals surface area contributed by atoms with E-state index in [0.29, 0.717) is 0 Å². The topological polar surface area (TPSA) is 102 Å². The zero-order valence-corrected chi connectivity index (χ0v) is 13.8. The molecule has 1 rings (SSSR count). The Bertz CT molecular complexity index is 426. The number of nitrogens with one attached hydrogen (secondary N) is 1. The number of rotatable bonds is 3. The van der Waals surface area contributed by atoms with E-state index in [1.54, 1.807) is 13.8 Å². The lowest BCUT2D eigenvalue weighted by molar-refractivity contribution is -0.152. The van der Waals surface area contributed by atoms with E-state index in [9.17, 15) is 18.3 Å². The number of carbonyl (C=O) groups is 1. The van der Waals surface area contributed by atoms with E-state index in [-0.39, 0.29) is 16.4 Å². The lowest BCUT2D eigenvalue weighted by Crippen LogP contribution is -2.54. The van der Waals surface area contributed by atoms with Gasteiger partial charge in [0, 0.05) is 16.8 Å². The van der Waals surface area contributed by atoms with Gasteiger partial charge in [0.15, 0.2) is 0 Å². The quantitative estimate of drug-likeness (QED) is 0.387. The van der Waals surface area contributed by atoms with Crippen LogP contribution in [0.1, 0.15) is 20.8 Å². The standard InChI is InChI=1S/C10H18INO6S/c1-5-4-17-19(15,16)12-8(9(14)6(2)11)10(5)18-7(3)13/h5-6,8-10,12,14H,4H2,1-3H3/t5-,6?,8+,9?,10+/m0/s1. The fourth-order valence-corrected chi connectivity index (χ4v) is 3.36. The van der Waals surface area contributed by atoms with Crippen molar-refractivity contribution in [2.45, 2.75) is 42.9 Å². The zero-order valence-electron chi connectivity index (χ0n) is 10.9. The van der Waals surface area contributed by atoms with E-state index in [2.05, 4.69) is 4.72 Å². The molecular weight excluding hydrogens is 389 g/mol. The van der Waals surface area contributed by atoms with Gasteiger partial charge in [-0.15, -0.1) is 0 Å². The molecule has 0 radical (unpaired) electrons. The van der Waals surface area contributed by atoms with E-state index >= 15 is 0 Å². The van der Waals surface area contributed by atoms with Gasteiger partial charge in [-0.05, 0) is 0 Å². The Hall–Kier alpha value is 0.0300. The number of ether oxygens (including phenoxy) is 1. The molecule has 2 unspecified atom stereocenters. The summed E-state index contributed by atoms with van der Waals surface area (Å²) in [4.78, 5) is 11.1. The first-order valence-corrected chi connectivity index (χ1v) is 8.45. The highest BCUT2D eigenvalue weighted by atomic mass is 127. The van der Waals surface area contributed by atoms with Crippen molar-refractivity contribution >= 4 is 38.9 Å². The second kappa shape index (κ2) is 6.66. The molecule has 0 saturated carbocycles. The van der Waals surface area contributed by atoms with Gasteiger partial charge in [0.1, 0.15) is 6.10 Å². The van der Waals surface area contributed by atoms with Gasteiger partial charge in [0.25, 0.3) is 0 Å². The second-order valence-electron chi connectivity index (χ2n) is 4.60. The molecule has 1 fully saturated rings. The molecule has 19 heavy (non-hydrogen) atoms. The summed E-state index contributed by atoms with van der Waals surface area (Å²) < 4.78 is 35.1. The third-order valence-electron chi connectivity index (χ3n) is 2.82. The zero-order chi connectivity index (χ0) is 14.8. The Kier molecular flexibility index (Phi) is 5.98. The molecule has 2 N–H and O–H groups in total.